The van der Waals surface area contributed by atoms with Crippen molar-refractivity contribution in [1.29, 1.82) is 0 Å². The van der Waals surface area contributed by atoms with Gasteiger partial charge in [-0.3, -0.25) is 4.79 Å². The summed E-state index contributed by atoms with van der Waals surface area (Å²) >= 11 is 1.96. The van der Waals surface area contributed by atoms with Crippen LogP contribution in [0.2, 0.25) is 0 Å². The van der Waals surface area contributed by atoms with Gasteiger partial charge in [0.2, 0.25) is 0 Å². The largest absolute Gasteiger partial charge is 0.368 e. The SMILES string of the molecule is COC1(C(=O)Nc2ccc(SC3CCCC3)cc2)CCNCC1.Cl. The van der Waals surface area contributed by atoms with E-state index in [0.717, 1.165) is 24.0 Å². The summed E-state index contributed by atoms with van der Waals surface area (Å²) in [4.78, 5) is 13.9. The third-order valence-electron chi connectivity index (χ3n) is 4.93. The number of halogens is 1. The minimum Gasteiger partial charge on any atom is -0.368 e. The average Bonchev–Trinajstić information content (AvgIpc) is 3.10. The van der Waals surface area contributed by atoms with E-state index in [0.29, 0.717) is 12.8 Å². The highest BCUT2D eigenvalue weighted by Gasteiger charge is 2.39. The van der Waals surface area contributed by atoms with Crippen LogP contribution in [-0.2, 0) is 9.53 Å². The molecule has 1 aromatic carbocycles. The van der Waals surface area contributed by atoms with Gasteiger partial charge in [0, 0.05) is 22.9 Å². The maximum Gasteiger partial charge on any atom is 0.256 e. The molecule has 6 heteroatoms. The molecule has 2 fully saturated rings. The molecule has 1 aliphatic carbocycles. The van der Waals surface area contributed by atoms with Crippen LogP contribution >= 0.6 is 24.2 Å². The van der Waals surface area contributed by atoms with E-state index in [1.807, 2.05) is 23.9 Å². The van der Waals surface area contributed by atoms with E-state index in [4.69, 9.17) is 4.74 Å². The summed E-state index contributed by atoms with van der Waals surface area (Å²) < 4.78 is 5.57. The molecule has 2 aliphatic rings. The Morgan fingerprint density at radius 3 is 2.42 bits per heavy atom. The Morgan fingerprint density at radius 1 is 1.21 bits per heavy atom. The zero-order valence-electron chi connectivity index (χ0n) is 14.2. The van der Waals surface area contributed by atoms with E-state index in [1.165, 1.54) is 30.6 Å². The lowest BCUT2D eigenvalue weighted by Gasteiger charge is -2.34. The average molecular weight is 371 g/mol. The van der Waals surface area contributed by atoms with Gasteiger partial charge in [0.15, 0.2) is 0 Å². The van der Waals surface area contributed by atoms with Crippen molar-refractivity contribution in [2.75, 3.05) is 25.5 Å². The second-order valence-electron chi connectivity index (χ2n) is 6.45. The Bertz CT molecular complexity index is 526. The zero-order valence-corrected chi connectivity index (χ0v) is 15.8. The topological polar surface area (TPSA) is 50.4 Å². The summed E-state index contributed by atoms with van der Waals surface area (Å²) in [6, 6.07) is 8.22. The summed E-state index contributed by atoms with van der Waals surface area (Å²) in [6.45, 7) is 1.64. The maximum absolute atomic E-state index is 12.6. The van der Waals surface area contributed by atoms with E-state index in [-0.39, 0.29) is 18.3 Å². The smallest absolute Gasteiger partial charge is 0.256 e. The fourth-order valence-electron chi connectivity index (χ4n) is 3.41. The molecule has 0 aromatic heterocycles. The predicted molar refractivity (Wildman–Crippen MR) is 102 cm³/mol. The number of benzene rings is 1. The highest BCUT2D eigenvalue weighted by Crippen LogP contribution is 2.35. The molecule has 2 N–H and O–H groups in total. The molecule has 134 valence electrons. The fraction of sp³-hybridized carbons (Fsp3) is 0.611. The number of amides is 1. The van der Waals surface area contributed by atoms with Crippen molar-refractivity contribution >= 4 is 35.8 Å². The van der Waals surface area contributed by atoms with E-state index in [1.54, 1.807) is 7.11 Å². The van der Waals surface area contributed by atoms with Crippen LogP contribution in [0.25, 0.3) is 0 Å². The van der Waals surface area contributed by atoms with Gasteiger partial charge >= 0.3 is 0 Å². The number of anilines is 1. The summed E-state index contributed by atoms with van der Waals surface area (Å²) in [5.74, 6) is -0.0299. The minimum absolute atomic E-state index is 0. The lowest BCUT2D eigenvalue weighted by atomic mass is 9.91. The molecule has 0 atom stereocenters. The van der Waals surface area contributed by atoms with Crippen molar-refractivity contribution in [2.24, 2.45) is 0 Å². The first kappa shape index (κ1) is 19.6. The standard InChI is InChI=1S/C18H26N2O2S.ClH/c1-22-18(10-12-19-13-11-18)17(21)20-14-6-8-16(9-7-14)23-15-4-2-3-5-15;/h6-9,15,19H,2-5,10-13H2,1H3,(H,20,21);1H. The quantitative estimate of drug-likeness (QED) is 0.826. The van der Waals surface area contributed by atoms with Crippen LogP contribution in [0.3, 0.4) is 0 Å². The number of rotatable bonds is 5. The second-order valence-corrected chi connectivity index (χ2v) is 7.83. The van der Waals surface area contributed by atoms with Crippen LogP contribution in [0.1, 0.15) is 38.5 Å². The molecule has 1 saturated carbocycles. The Hall–Kier alpha value is -0.750. The van der Waals surface area contributed by atoms with Crippen molar-refractivity contribution in [2.45, 2.75) is 54.3 Å². The van der Waals surface area contributed by atoms with Gasteiger partial charge in [-0.25, -0.2) is 0 Å². The Kier molecular flexibility index (Phi) is 7.41. The number of methoxy groups -OCH3 is 1. The molecule has 4 nitrogen and oxygen atoms in total. The number of carbonyl (C=O) groups excluding carboxylic acids is 1. The first-order valence-corrected chi connectivity index (χ1v) is 9.44. The van der Waals surface area contributed by atoms with Crippen molar-refractivity contribution in [1.82, 2.24) is 5.32 Å². The van der Waals surface area contributed by atoms with Crippen molar-refractivity contribution in [3.63, 3.8) is 0 Å². The van der Waals surface area contributed by atoms with E-state index in [9.17, 15) is 4.79 Å². The van der Waals surface area contributed by atoms with Crippen LogP contribution in [0, 0.1) is 0 Å². The fourth-order valence-corrected chi connectivity index (χ4v) is 4.66. The van der Waals surface area contributed by atoms with Gasteiger partial charge in [0.25, 0.3) is 5.91 Å². The van der Waals surface area contributed by atoms with Gasteiger partial charge < -0.3 is 15.4 Å². The second kappa shape index (κ2) is 9.09. The lowest BCUT2D eigenvalue weighted by molar-refractivity contribution is -0.140. The number of hydrogen-bond donors (Lipinski definition) is 2. The monoisotopic (exact) mass is 370 g/mol. The van der Waals surface area contributed by atoms with Gasteiger partial charge in [-0.15, -0.1) is 24.2 Å². The summed E-state index contributed by atoms with van der Waals surface area (Å²) in [7, 11) is 1.63. The van der Waals surface area contributed by atoms with E-state index < -0.39 is 5.60 Å². The Labute approximate surface area is 154 Å². The summed E-state index contributed by atoms with van der Waals surface area (Å²) in [5, 5.41) is 7.06. The number of hydrogen-bond acceptors (Lipinski definition) is 4. The number of ether oxygens (including phenoxy) is 1. The number of carbonyl (C=O) groups is 1. The first-order chi connectivity index (χ1) is 11.2. The van der Waals surface area contributed by atoms with Crippen LogP contribution in [0.5, 0.6) is 0 Å². The molecule has 1 aromatic rings. The minimum atomic E-state index is -0.692. The molecule has 0 unspecified atom stereocenters. The van der Waals surface area contributed by atoms with Gasteiger partial charge in [0.1, 0.15) is 5.60 Å². The molecule has 1 aliphatic heterocycles. The van der Waals surface area contributed by atoms with Gasteiger partial charge in [-0.2, -0.15) is 0 Å². The van der Waals surface area contributed by atoms with E-state index >= 15 is 0 Å². The predicted octanol–water partition coefficient (Wildman–Crippen LogP) is 3.85. The molecular weight excluding hydrogens is 344 g/mol. The highest BCUT2D eigenvalue weighted by atomic mass is 35.5. The maximum atomic E-state index is 12.6. The Balaban J connectivity index is 0.00000208. The van der Waals surface area contributed by atoms with Crippen LogP contribution in [-0.4, -0.2) is 37.0 Å². The molecule has 1 heterocycles. The molecule has 1 amide bonds. The number of nitrogens with one attached hydrogen (secondary N) is 2. The Morgan fingerprint density at radius 2 is 1.83 bits per heavy atom. The molecule has 3 rings (SSSR count). The van der Waals surface area contributed by atoms with Crippen molar-refractivity contribution in [3.8, 4) is 0 Å². The highest BCUT2D eigenvalue weighted by molar-refractivity contribution is 8.00. The normalized spacial score (nSPS) is 20.4. The lowest BCUT2D eigenvalue weighted by Crippen LogP contribution is -2.51. The molecule has 0 bridgehead atoms. The van der Waals surface area contributed by atoms with Gasteiger partial charge in [0.05, 0.1) is 0 Å². The zero-order chi connectivity index (χ0) is 16.1. The number of piperidine rings is 1. The summed E-state index contributed by atoms with van der Waals surface area (Å²) in [6.07, 6.45) is 6.80. The summed E-state index contributed by atoms with van der Waals surface area (Å²) in [5.41, 5.74) is 0.156. The van der Waals surface area contributed by atoms with Crippen LogP contribution in [0.4, 0.5) is 5.69 Å². The molecule has 1 saturated heterocycles. The third kappa shape index (κ3) is 4.66. The third-order valence-corrected chi connectivity index (χ3v) is 6.28. The van der Waals surface area contributed by atoms with E-state index in [2.05, 4.69) is 22.8 Å². The number of thioether (sulfide) groups is 1. The molecule has 24 heavy (non-hydrogen) atoms. The molecule has 0 spiro atoms. The molecular formula is C18H27ClN2O2S. The van der Waals surface area contributed by atoms with Crippen molar-refractivity contribution < 1.29 is 9.53 Å². The first-order valence-electron chi connectivity index (χ1n) is 8.56. The van der Waals surface area contributed by atoms with Crippen LogP contribution in [0.15, 0.2) is 29.2 Å². The van der Waals surface area contributed by atoms with Crippen LogP contribution < -0.4 is 10.6 Å². The van der Waals surface area contributed by atoms with Gasteiger partial charge in [-0.1, -0.05) is 12.8 Å². The van der Waals surface area contributed by atoms with Gasteiger partial charge in [-0.05, 0) is 63.0 Å². The van der Waals surface area contributed by atoms with Crippen molar-refractivity contribution in [3.05, 3.63) is 24.3 Å². The molecule has 0 radical (unpaired) electrons.